The number of nitrogens with one attached hydrogen (secondary N) is 1. The average Bonchev–Trinajstić information content (AvgIpc) is 3.22. The summed E-state index contributed by atoms with van der Waals surface area (Å²) in [6, 6.07) is 15.5. The first-order chi connectivity index (χ1) is 13.6. The number of ether oxygens (including phenoxy) is 2. The Morgan fingerprint density at radius 3 is 2.54 bits per heavy atom. The molecular weight excluding hydrogens is 380 g/mol. The van der Waals surface area contributed by atoms with Crippen LogP contribution in [-0.4, -0.2) is 24.0 Å². The Labute approximate surface area is 164 Å². The molecule has 1 amide bonds. The summed E-state index contributed by atoms with van der Waals surface area (Å²) < 4.78 is 11.1. The molecule has 8 heteroatoms. The Hall–Kier alpha value is -3.39. The van der Waals surface area contributed by atoms with Gasteiger partial charge in [-0.3, -0.25) is 14.9 Å². The lowest BCUT2D eigenvalue weighted by molar-refractivity contribution is -0.384. The molecule has 3 aromatic rings. The van der Waals surface area contributed by atoms with Crippen molar-refractivity contribution >= 4 is 22.9 Å². The largest absolute Gasteiger partial charge is 0.486 e. The summed E-state index contributed by atoms with van der Waals surface area (Å²) in [5.41, 5.74) is 1.78. The number of nitro benzene ring substituents is 1. The van der Waals surface area contributed by atoms with Gasteiger partial charge in [0.05, 0.1) is 9.80 Å². The van der Waals surface area contributed by atoms with Gasteiger partial charge in [-0.05, 0) is 41.5 Å². The molecule has 2 aromatic carbocycles. The Bertz CT molecular complexity index is 1030. The van der Waals surface area contributed by atoms with Gasteiger partial charge in [-0.15, -0.1) is 11.3 Å². The third kappa shape index (κ3) is 3.81. The second-order valence-corrected chi connectivity index (χ2v) is 7.21. The number of nitrogens with zero attached hydrogens (tertiary/aromatic N) is 1. The highest BCUT2D eigenvalue weighted by Gasteiger charge is 2.15. The van der Waals surface area contributed by atoms with E-state index in [0.717, 1.165) is 21.8 Å². The van der Waals surface area contributed by atoms with Crippen LogP contribution in [0.3, 0.4) is 0 Å². The molecule has 28 heavy (non-hydrogen) atoms. The first-order valence-electron chi connectivity index (χ1n) is 8.61. The lowest BCUT2D eigenvalue weighted by Crippen LogP contribution is -2.21. The summed E-state index contributed by atoms with van der Waals surface area (Å²) >= 11 is 1.39. The van der Waals surface area contributed by atoms with E-state index in [2.05, 4.69) is 5.32 Å². The Morgan fingerprint density at radius 1 is 1.04 bits per heavy atom. The summed E-state index contributed by atoms with van der Waals surface area (Å²) in [5, 5.41) is 13.5. The highest BCUT2D eigenvalue weighted by Crippen LogP contribution is 2.36. The minimum Gasteiger partial charge on any atom is -0.486 e. The first-order valence-corrected chi connectivity index (χ1v) is 9.43. The van der Waals surface area contributed by atoms with Crippen molar-refractivity contribution in [2.75, 3.05) is 13.2 Å². The van der Waals surface area contributed by atoms with Crippen LogP contribution in [0.25, 0.3) is 10.4 Å². The zero-order valence-electron chi connectivity index (χ0n) is 14.7. The predicted octanol–water partition coefficient (Wildman–Crippen LogP) is 4.02. The highest BCUT2D eigenvalue weighted by molar-refractivity contribution is 7.17. The van der Waals surface area contributed by atoms with Crippen LogP contribution in [0.5, 0.6) is 11.5 Å². The molecule has 0 saturated heterocycles. The van der Waals surface area contributed by atoms with E-state index in [-0.39, 0.29) is 11.6 Å². The molecule has 0 saturated carbocycles. The fourth-order valence-electron chi connectivity index (χ4n) is 2.82. The molecule has 1 aliphatic heterocycles. The van der Waals surface area contributed by atoms with Gasteiger partial charge < -0.3 is 14.8 Å². The second kappa shape index (κ2) is 7.69. The number of fused-ring (bicyclic) bond motifs is 1. The molecule has 2 heterocycles. The lowest BCUT2D eigenvalue weighted by atomic mass is 10.1. The summed E-state index contributed by atoms with van der Waals surface area (Å²) in [4.78, 5) is 24.2. The van der Waals surface area contributed by atoms with E-state index >= 15 is 0 Å². The van der Waals surface area contributed by atoms with E-state index in [9.17, 15) is 14.9 Å². The number of nitro groups is 1. The van der Waals surface area contributed by atoms with Gasteiger partial charge in [0.1, 0.15) is 13.2 Å². The summed E-state index contributed by atoms with van der Waals surface area (Å²) in [6.07, 6.45) is 0. The normalized spacial score (nSPS) is 12.4. The van der Waals surface area contributed by atoms with Crippen molar-refractivity contribution in [1.29, 1.82) is 0 Å². The van der Waals surface area contributed by atoms with Crippen molar-refractivity contribution in [1.82, 2.24) is 5.32 Å². The van der Waals surface area contributed by atoms with Gasteiger partial charge in [-0.25, -0.2) is 0 Å². The van der Waals surface area contributed by atoms with Crippen molar-refractivity contribution in [3.8, 4) is 21.9 Å². The second-order valence-electron chi connectivity index (χ2n) is 6.13. The number of carbonyl (C=O) groups excluding carboxylic acids is 1. The molecule has 0 bridgehead atoms. The summed E-state index contributed by atoms with van der Waals surface area (Å²) in [6.45, 7) is 1.37. The number of carbonyl (C=O) groups is 1. The third-order valence-corrected chi connectivity index (χ3v) is 5.39. The molecule has 4 rings (SSSR count). The van der Waals surface area contributed by atoms with Gasteiger partial charge in [-0.1, -0.05) is 12.1 Å². The van der Waals surface area contributed by atoms with Crippen molar-refractivity contribution < 1.29 is 19.2 Å². The Morgan fingerprint density at radius 2 is 1.79 bits per heavy atom. The molecular formula is C20H16N2O5S. The standard InChI is InChI=1S/C20H16N2O5S/c23-20(21-12-13-1-4-15(5-2-13)22(24)25)19-8-7-18(28-19)14-3-6-16-17(11-14)27-10-9-26-16/h1-8,11H,9-10,12H2,(H,21,23). The Balaban J connectivity index is 1.42. The van der Waals surface area contributed by atoms with Crippen LogP contribution in [0.15, 0.2) is 54.6 Å². The molecule has 142 valence electrons. The van der Waals surface area contributed by atoms with E-state index in [1.165, 1.54) is 23.5 Å². The van der Waals surface area contributed by atoms with Gasteiger partial charge in [0.2, 0.25) is 0 Å². The minimum absolute atomic E-state index is 0.0254. The van der Waals surface area contributed by atoms with Crippen LogP contribution < -0.4 is 14.8 Å². The van der Waals surface area contributed by atoms with Crippen LogP contribution in [0, 0.1) is 10.1 Å². The summed E-state index contributed by atoms with van der Waals surface area (Å²) in [7, 11) is 0. The number of benzene rings is 2. The number of hydrogen-bond donors (Lipinski definition) is 1. The zero-order valence-corrected chi connectivity index (χ0v) is 15.5. The molecule has 0 spiro atoms. The maximum absolute atomic E-state index is 12.4. The van der Waals surface area contributed by atoms with Crippen LogP contribution in [0.2, 0.25) is 0 Å². The molecule has 0 atom stereocenters. The van der Waals surface area contributed by atoms with Crippen molar-refractivity contribution in [2.24, 2.45) is 0 Å². The smallest absolute Gasteiger partial charge is 0.269 e. The quantitative estimate of drug-likeness (QED) is 0.519. The molecule has 0 aliphatic carbocycles. The first kappa shape index (κ1) is 18.0. The van der Waals surface area contributed by atoms with Gasteiger partial charge in [0.15, 0.2) is 11.5 Å². The van der Waals surface area contributed by atoms with Gasteiger partial charge >= 0.3 is 0 Å². The van der Waals surface area contributed by atoms with E-state index in [4.69, 9.17) is 9.47 Å². The number of rotatable bonds is 5. The van der Waals surface area contributed by atoms with E-state index in [0.29, 0.717) is 30.4 Å². The Kier molecular flexibility index (Phi) is 4.94. The van der Waals surface area contributed by atoms with Crippen LogP contribution in [0.1, 0.15) is 15.2 Å². The molecule has 0 radical (unpaired) electrons. The summed E-state index contributed by atoms with van der Waals surface area (Å²) in [5.74, 6) is 1.25. The van der Waals surface area contributed by atoms with Crippen LogP contribution in [0.4, 0.5) is 5.69 Å². The average molecular weight is 396 g/mol. The van der Waals surface area contributed by atoms with Crippen molar-refractivity contribution in [3.63, 3.8) is 0 Å². The zero-order chi connectivity index (χ0) is 19.5. The highest BCUT2D eigenvalue weighted by atomic mass is 32.1. The molecule has 7 nitrogen and oxygen atoms in total. The molecule has 0 fully saturated rings. The van der Waals surface area contributed by atoms with Crippen molar-refractivity contribution in [2.45, 2.75) is 6.54 Å². The number of hydrogen-bond acceptors (Lipinski definition) is 6. The monoisotopic (exact) mass is 396 g/mol. The fourth-order valence-corrected chi connectivity index (χ4v) is 3.74. The molecule has 0 unspecified atom stereocenters. The van der Waals surface area contributed by atoms with E-state index in [1.54, 1.807) is 18.2 Å². The minimum atomic E-state index is -0.451. The number of amides is 1. The van der Waals surface area contributed by atoms with E-state index < -0.39 is 4.92 Å². The number of non-ortho nitro benzene ring substituents is 1. The van der Waals surface area contributed by atoms with Gasteiger partial charge in [0, 0.05) is 23.6 Å². The van der Waals surface area contributed by atoms with Crippen LogP contribution >= 0.6 is 11.3 Å². The maximum Gasteiger partial charge on any atom is 0.269 e. The lowest BCUT2D eigenvalue weighted by Gasteiger charge is -2.18. The third-order valence-electron chi connectivity index (χ3n) is 4.26. The maximum atomic E-state index is 12.4. The molecule has 1 N–H and O–H groups in total. The van der Waals surface area contributed by atoms with E-state index in [1.807, 2.05) is 24.3 Å². The van der Waals surface area contributed by atoms with Crippen LogP contribution in [-0.2, 0) is 6.54 Å². The molecule has 1 aromatic heterocycles. The fraction of sp³-hybridized carbons (Fsp3) is 0.150. The topological polar surface area (TPSA) is 90.7 Å². The van der Waals surface area contributed by atoms with Gasteiger partial charge in [-0.2, -0.15) is 0 Å². The van der Waals surface area contributed by atoms with Gasteiger partial charge in [0.25, 0.3) is 11.6 Å². The SMILES string of the molecule is O=C(NCc1ccc([N+](=O)[O-])cc1)c1ccc(-c2ccc3c(c2)OCCO3)s1. The molecule has 1 aliphatic rings. The number of thiophene rings is 1. The predicted molar refractivity (Wildman–Crippen MR) is 105 cm³/mol. The van der Waals surface area contributed by atoms with Crippen molar-refractivity contribution in [3.05, 3.63) is 75.2 Å².